The lowest BCUT2D eigenvalue weighted by atomic mass is 9.99. The van der Waals surface area contributed by atoms with E-state index < -0.39 is 97.5 Å². The standard InChI is InChI=1S/C87H170O17P2/c1-9-80(8)66-58-50-41-35-29-23-19-20-26-32-38-44-54-62-70-87(92)104-83(74-98-85(90)68-60-52-46-45-49-57-65-79(6)7)76-102-106(95,96)100-72-81(88)71-99-105(93,94)101-75-82(73-97-84(89)67-59-51-42-36-30-24-18-14-16-22-28-34-40-48-56-64-78(4)5)103-86(91)69-61-53-43-37-31-25-17-13-11-10-12-15-21-27-33-39-47-55-63-77(2)3/h77-83,88H,9-76H2,1-8H3,(H,93,94)(H,95,96)/t80?,81-,82-,83-/m1/s1. The van der Waals surface area contributed by atoms with Gasteiger partial charge in [-0.15, -0.1) is 0 Å². The molecule has 0 saturated carbocycles. The Morgan fingerprint density at radius 1 is 0.264 bits per heavy atom. The van der Waals surface area contributed by atoms with E-state index >= 15 is 0 Å². The lowest BCUT2D eigenvalue weighted by Gasteiger charge is -2.21. The van der Waals surface area contributed by atoms with Crippen LogP contribution in [0.2, 0.25) is 0 Å². The van der Waals surface area contributed by atoms with Gasteiger partial charge in [-0.1, -0.05) is 402 Å². The molecule has 0 aliphatic heterocycles. The van der Waals surface area contributed by atoms with Gasteiger partial charge in [0.25, 0.3) is 0 Å². The summed E-state index contributed by atoms with van der Waals surface area (Å²) in [6, 6.07) is 0. The molecular weight excluding hydrogens is 1380 g/mol. The zero-order valence-corrected chi connectivity index (χ0v) is 71.9. The van der Waals surface area contributed by atoms with Crippen molar-refractivity contribution in [3.05, 3.63) is 0 Å². The maximum atomic E-state index is 13.1. The third-order valence-corrected chi connectivity index (χ3v) is 22.6. The highest BCUT2D eigenvalue weighted by Crippen LogP contribution is 2.45. The summed E-state index contributed by atoms with van der Waals surface area (Å²) >= 11 is 0. The third-order valence-electron chi connectivity index (χ3n) is 20.7. The molecule has 3 unspecified atom stereocenters. The van der Waals surface area contributed by atoms with Crippen molar-refractivity contribution < 1.29 is 80.2 Å². The Labute approximate surface area is 651 Å². The minimum atomic E-state index is -4.97. The van der Waals surface area contributed by atoms with Gasteiger partial charge in [-0.05, 0) is 49.4 Å². The van der Waals surface area contributed by atoms with Crippen molar-refractivity contribution in [2.45, 2.75) is 472 Å². The van der Waals surface area contributed by atoms with Crippen LogP contribution in [-0.4, -0.2) is 96.7 Å². The van der Waals surface area contributed by atoms with Gasteiger partial charge in [0.1, 0.15) is 19.3 Å². The van der Waals surface area contributed by atoms with E-state index in [0.717, 1.165) is 114 Å². The lowest BCUT2D eigenvalue weighted by molar-refractivity contribution is -0.161. The van der Waals surface area contributed by atoms with Crippen LogP contribution in [0.15, 0.2) is 0 Å². The molecule has 6 atom stereocenters. The zero-order valence-electron chi connectivity index (χ0n) is 70.1. The smallest absolute Gasteiger partial charge is 0.462 e. The number of aliphatic hydroxyl groups is 1. The summed E-state index contributed by atoms with van der Waals surface area (Å²) in [5, 5.41) is 10.7. The number of phosphoric ester groups is 2. The molecule has 3 N–H and O–H groups in total. The van der Waals surface area contributed by atoms with Crippen molar-refractivity contribution in [2.75, 3.05) is 39.6 Å². The zero-order chi connectivity index (χ0) is 78.1. The molecule has 630 valence electrons. The van der Waals surface area contributed by atoms with Gasteiger partial charge in [0.15, 0.2) is 12.2 Å². The second kappa shape index (κ2) is 75.7. The van der Waals surface area contributed by atoms with Crippen LogP contribution in [-0.2, 0) is 65.4 Å². The van der Waals surface area contributed by atoms with Crippen LogP contribution in [0.25, 0.3) is 0 Å². The Morgan fingerprint density at radius 2 is 0.453 bits per heavy atom. The molecule has 0 aromatic carbocycles. The van der Waals surface area contributed by atoms with Crippen molar-refractivity contribution in [2.24, 2.45) is 23.7 Å². The second-order valence-corrected chi connectivity index (χ2v) is 35.9. The van der Waals surface area contributed by atoms with E-state index in [9.17, 15) is 43.2 Å². The summed E-state index contributed by atoms with van der Waals surface area (Å²) in [6.45, 7) is 14.3. The first kappa shape index (κ1) is 104. The number of rotatable bonds is 84. The van der Waals surface area contributed by atoms with Crippen LogP contribution >= 0.6 is 15.6 Å². The molecule has 0 aromatic rings. The van der Waals surface area contributed by atoms with Gasteiger partial charge in [-0.25, -0.2) is 9.13 Å². The molecule has 0 aliphatic carbocycles. The van der Waals surface area contributed by atoms with Gasteiger partial charge < -0.3 is 33.8 Å². The number of hydrogen-bond donors (Lipinski definition) is 3. The molecule has 0 rings (SSSR count). The van der Waals surface area contributed by atoms with Crippen LogP contribution in [0.5, 0.6) is 0 Å². The molecule has 0 bridgehead atoms. The highest BCUT2D eigenvalue weighted by Gasteiger charge is 2.31. The molecule has 0 heterocycles. The average Bonchev–Trinajstić information content (AvgIpc) is 0.901. The SMILES string of the molecule is CCC(C)CCCCCCCCCCCCCCCCC(=O)O[C@H](COC(=O)CCCCCCCCC(C)C)COP(=O)(O)OC[C@H](O)COP(=O)(O)OC[C@@H](COC(=O)CCCCCCCCCCCCCCCCCC(C)C)OC(=O)CCCCCCCCCCCCCCCCCCCCC(C)C. The summed E-state index contributed by atoms with van der Waals surface area (Å²) < 4.78 is 68.9. The fraction of sp³-hybridized carbons (Fsp3) is 0.954. The first-order chi connectivity index (χ1) is 51.1. The van der Waals surface area contributed by atoms with Crippen molar-refractivity contribution in [1.82, 2.24) is 0 Å². The van der Waals surface area contributed by atoms with Gasteiger partial charge >= 0.3 is 39.5 Å². The topological polar surface area (TPSA) is 237 Å². The quantitative estimate of drug-likeness (QED) is 0.0222. The fourth-order valence-corrected chi connectivity index (χ4v) is 15.0. The largest absolute Gasteiger partial charge is 0.472 e. The lowest BCUT2D eigenvalue weighted by Crippen LogP contribution is -2.30. The maximum absolute atomic E-state index is 13.1. The van der Waals surface area contributed by atoms with Crippen LogP contribution in [0.3, 0.4) is 0 Å². The van der Waals surface area contributed by atoms with E-state index in [1.54, 1.807) is 0 Å². The number of carbonyl (C=O) groups is 4. The van der Waals surface area contributed by atoms with E-state index in [0.29, 0.717) is 31.6 Å². The second-order valence-electron chi connectivity index (χ2n) is 33.0. The number of unbranched alkanes of at least 4 members (excludes halogenated alkanes) is 49. The Morgan fingerprint density at radius 3 is 0.670 bits per heavy atom. The first-order valence-electron chi connectivity index (χ1n) is 44.7. The maximum Gasteiger partial charge on any atom is 0.472 e. The normalized spacial score (nSPS) is 14.2. The number of ether oxygens (including phenoxy) is 4. The summed E-state index contributed by atoms with van der Waals surface area (Å²) in [6.07, 6.45) is 65.4. The molecule has 106 heavy (non-hydrogen) atoms. The van der Waals surface area contributed by atoms with Crippen LogP contribution in [0.1, 0.15) is 453 Å². The van der Waals surface area contributed by atoms with Crippen molar-refractivity contribution in [3.63, 3.8) is 0 Å². The molecule has 0 radical (unpaired) electrons. The molecule has 0 amide bonds. The number of hydrogen-bond acceptors (Lipinski definition) is 15. The number of aliphatic hydroxyl groups excluding tert-OH is 1. The molecule has 0 spiro atoms. The van der Waals surface area contributed by atoms with Crippen molar-refractivity contribution in [1.29, 1.82) is 0 Å². The van der Waals surface area contributed by atoms with Crippen LogP contribution in [0.4, 0.5) is 0 Å². The van der Waals surface area contributed by atoms with E-state index in [-0.39, 0.29) is 25.7 Å². The van der Waals surface area contributed by atoms with E-state index in [2.05, 4.69) is 55.4 Å². The average molecular weight is 1550 g/mol. The molecule has 0 aliphatic rings. The van der Waals surface area contributed by atoms with E-state index in [1.165, 1.54) is 250 Å². The Bertz CT molecular complexity index is 2060. The Kier molecular flexibility index (Phi) is 74.3. The molecule has 0 saturated heterocycles. The minimum absolute atomic E-state index is 0.106. The summed E-state index contributed by atoms with van der Waals surface area (Å²) in [4.78, 5) is 73.2. The van der Waals surface area contributed by atoms with Crippen molar-refractivity contribution in [3.8, 4) is 0 Å². The van der Waals surface area contributed by atoms with Gasteiger partial charge in [0.2, 0.25) is 0 Å². The minimum Gasteiger partial charge on any atom is -0.462 e. The molecule has 17 nitrogen and oxygen atoms in total. The number of phosphoric acid groups is 2. The van der Waals surface area contributed by atoms with Crippen LogP contribution in [0, 0.1) is 23.7 Å². The fourth-order valence-electron chi connectivity index (χ4n) is 13.5. The highest BCUT2D eigenvalue weighted by atomic mass is 31.2. The third kappa shape index (κ3) is 78.7. The molecule has 0 aromatic heterocycles. The summed E-state index contributed by atoms with van der Waals surface area (Å²) in [5.41, 5.74) is 0. The first-order valence-corrected chi connectivity index (χ1v) is 47.7. The number of carbonyl (C=O) groups excluding carboxylic acids is 4. The van der Waals surface area contributed by atoms with E-state index in [4.69, 9.17) is 37.0 Å². The predicted molar refractivity (Wildman–Crippen MR) is 437 cm³/mol. The Balaban J connectivity index is 5.21. The summed E-state index contributed by atoms with van der Waals surface area (Å²) in [5.74, 6) is 1.04. The highest BCUT2D eigenvalue weighted by molar-refractivity contribution is 7.47. The molecular formula is C87H170O17P2. The van der Waals surface area contributed by atoms with Gasteiger partial charge in [0, 0.05) is 25.7 Å². The predicted octanol–water partition coefficient (Wildman–Crippen LogP) is 26.3. The van der Waals surface area contributed by atoms with Crippen molar-refractivity contribution >= 4 is 39.5 Å². The van der Waals surface area contributed by atoms with Gasteiger partial charge in [0.05, 0.1) is 26.4 Å². The molecule has 0 fully saturated rings. The summed E-state index contributed by atoms with van der Waals surface area (Å²) in [7, 11) is -9.93. The monoisotopic (exact) mass is 1550 g/mol. The van der Waals surface area contributed by atoms with E-state index in [1.807, 2.05) is 0 Å². The van der Waals surface area contributed by atoms with Gasteiger partial charge in [-0.2, -0.15) is 0 Å². The number of esters is 4. The molecule has 19 heteroatoms. The van der Waals surface area contributed by atoms with Crippen LogP contribution < -0.4 is 0 Å². The Hall–Kier alpha value is -1.94. The van der Waals surface area contributed by atoms with Gasteiger partial charge in [-0.3, -0.25) is 37.3 Å².